The summed E-state index contributed by atoms with van der Waals surface area (Å²) in [6.07, 6.45) is 3.61. The Morgan fingerprint density at radius 1 is 1.43 bits per heavy atom. The van der Waals surface area contributed by atoms with E-state index in [4.69, 9.17) is 0 Å². The summed E-state index contributed by atoms with van der Waals surface area (Å²) < 4.78 is 0. The first-order valence-electron chi connectivity index (χ1n) is 4.72. The van der Waals surface area contributed by atoms with Crippen LogP contribution in [0, 0.1) is 0 Å². The predicted molar refractivity (Wildman–Crippen MR) is 54.7 cm³/mol. The molecule has 0 unspecified atom stereocenters. The zero-order valence-electron chi connectivity index (χ0n) is 7.92. The minimum Gasteiger partial charge on any atom is -0.507 e. The molecule has 2 rings (SSSR count). The molecule has 1 aromatic carbocycles. The number of Topliss-reactive ketones (excluding diaryl/α,β-unsaturated/α-hetero) is 1. The molecule has 1 aliphatic carbocycles. The maximum atomic E-state index is 11.5. The van der Waals surface area contributed by atoms with Crippen LogP contribution in [0.1, 0.15) is 27.9 Å². The fourth-order valence-corrected chi connectivity index (χ4v) is 1.89. The minimum absolute atomic E-state index is 0.0587. The average Bonchev–Trinajstić information content (AvgIpc) is 2.54. The highest BCUT2D eigenvalue weighted by molar-refractivity contribution is 6.03. The van der Waals surface area contributed by atoms with Crippen LogP contribution in [0.15, 0.2) is 24.8 Å². The zero-order chi connectivity index (χ0) is 10.1. The quantitative estimate of drug-likeness (QED) is 0.723. The smallest absolute Gasteiger partial charge is 0.167 e. The summed E-state index contributed by atoms with van der Waals surface area (Å²) in [4.78, 5) is 11.5. The number of phenolic OH excluding ortho intramolecular Hbond substituents is 1. The Labute approximate surface area is 82.9 Å². The van der Waals surface area contributed by atoms with Crippen LogP contribution in [-0.4, -0.2) is 10.9 Å². The molecule has 0 aromatic heterocycles. The first kappa shape index (κ1) is 9.00. The Hall–Kier alpha value is -1.57. The van der Waals surface area contributed by atoms with Gasteiger partial charge >= 0.3 is 0 Å². The van der Waals surface area contributed by atoms with Gasteiger partial charge in [0.05, 0.1) is 5.56 Å². The van der Waals surface area contributed by atoms with Gasteiger partial charge in [0.1, 0.15) is 5.75 Å². The Kier molecular flexibility index (Phi) is 2.12. The molecular formula is C12H12O2. The molecular weight excluding hydrogens is 176 g/mol. The average molecular weight is 188 g/mol. The molecule has 0 saturated carbocycles. The summed E-state index contributed by atoms with van der Waals surface area (Å²) in [5.74, 6) is 0.216. The van der Waals surface area contributed by atoms with Crippen LogP contribution in [-0.2, 0) is 12.8 Å². The number of ketones is 1. The van der Waals surface area contributed by atoms with Crippen molar-refractivity contribution >= 4 is 5.78 Å². The zero-order valence-corrected chi connectivity index (χ0v) is 7.92. The summed E-state index contributed by atoms with van der Waals surface area (Å²) in [5.41, 5.74) is 2.29. The first-order valence-corrected chi connectivity index (χ1v) is 4.72. The molecule has 0 aliphatic heterocycles. The van der Waals surface area contributed by atoms with Crippen molar-refractivity contribution in [1.29, 1.82) is 0 Å². The lowest BCUT2D eigenvalue weighted by atomic mass is 10.0. The topological polar surface area (TPSA) is 37.3 Å². The molecule has 0 amide bonds. The second-order valence-corrected chi connectivity index (χ2v) is 3.52. The van der Waals surface area contributed by atoms with Crippen LogP contribution < -0.4 is 0 Å². The molecule has 0 spiro atoms. The molecule has 2 heteroatoms. The molecule has 0 heterocycles. The summed E-state index contributed by atoms with van der Waals surface area (Å²) in [6.45, 7) is 3.61. The summed E-state index contributed by atoms with van der Waals surface area (Å²) in [7, 11) is 0. The van der Waals surface area contributed by atoms with Gasteiger partial charge in [0.25, 0.3) is 0 Å². The number of rotatable bonds is 2. The van der Waals surface area contributed by atoms with E-state index in [2.05, 4.69) is 6.58 Å². The van der Waals surface area contributed by atoms with Crippen molar-refractivity contribution < 1.29 is 9.90 Å². The molecule has 14 heavy (non-hydrogen) atoms. The van der Waals surface area contributed by atoms with Crippen molar-refractivity contribution in [2.75, 3.05) is 0 Å². The largest absolute Gasteiger partial charge is 0.507 e. The van der Waals surface area contributed by atoms with E-state index >= 15 is 0 Å². The monoisotopic (exact) mass is 188 g/mol. The molecule has 0 bridgehead atoms. The molecule has 0 saturated heterocycles. The highest BCUT2D eigenvalue weighted by atomic mass is 16.3. The first-order chi connectivity index (χ1) is 6.74. The van der Waals surface area contributed by atoms with E-state index < -0.39 is 0 Å². The number of hydrogen-bond donors (Lipinski definition) is 1. The molecule has 72 valence electrons. The molecule has 2 nitrogen and oxygen atoms in total. The van der Waals surface area contributed by atoms with Gasteiger partial charge in [-0.2, -0.15) is 0 Å². The molecule has 0 radical (unpaired) electrons. The van der Waals surface area contributed by atoms with Crippen LogP contribution in [0.3, 0.4) is 0 Å². The fourth-order valence-electron chi connectivity index (χ4n) is 1.89. The molecule has 0 fully saturated rings. The lowest BCUT2D eigenvalue weighted by Gasteiger charge is -2.06. The lowest BCUT2D eigenvalue weighted by Crippen LogP contribution is -1.95. The SMILES string of the molecule is C=CCc1ccc2c(c1O)C(=O)CC2. The van der Waals surface area contributed by atoms with Gasteiger partial charge in [-0.05, 0) is 24.0 Å². The number of aryl methyl sites for hydroxylation is 1. The van der Waals surface area contributed by atoms with Crippen molar-refractivity contribution in [3.8, 4) is 5.75 Å². The van der Waals surface area contributed by atoms with Gasteiger partial charge in [0.2, 0.25) is 0 Å². The minimum atomic E-state index is 0.0587. The second kappa shape index (κ2) is 3.29. The van der Waals surface area contributed by atoms with Gasteiger partial charge in [-0.3, -0.25) is 4.79 Å². The number of benzene rings is 1. The standard InChI is InChI=1S/C12H12O2/c1-2-3-9-5-4-8-6-7-10(13)11(8)12(9)14/h2,4-5,14H,1,3,6-7H2. The van der Waals surface area contributed by atoms with Crippen LogP contribution >= 0.6 is 0 Å². The molecule has 1 N–H and O–H groups in total. The highest BCUT2D eigenvalue weighted by Crippen LogP contribution is 2.32. The lowest BCUT2D eigenvalue weighted by molar-refractivity contribution is 0.0992. The van der Waals surface area contributed by atoms with Gasteiger partial charge < -0.3 is 5.11 Å². The fraction of sp³-hybridized carbons (Fsp3) is 0.250. The maximum Gasteiger partial charge on any atom is 0.167 e. The van der Waals surface area contributed by atoms with Crippen LogP contribution in [0.2, 0.25) is 0 Å². The van der Waals surface area contributed by atoms with Gasteiger partial charge in [0.15, 0.2) is 5.78 Å². The third-order valence-corrected chi connectivity index (χ3v) is 2.61. The molecule has 1 aliphatic rings. The van der Waals surface area contributed by atoms with E-state index in [9.17, 15) is 9.90 Å². The van der Waals surface area contributed by atoms with Gasteiger partial charge in [0, 0.05) is 6.42 Å². The van der Waals surface area contributed by atoms with Crippen molar-refractivity contribution in [3.63, 3.8) is 0 Å². The Morgan fingerprint density at radius 3 is 2.93 bits per heavy atom. The number of phenols is 1. The van der Waals surface area contributed by atoms with Gasteiger partial charge in [-0.25, -0.2) is 0 Å². The van der Waals surface area contributed by atoms with E-state index in [0.29, 0.717) is 18.4 Å². The number of fused-ring (bicyclic) bond motifs is 1. The predicted octanol–water partition coefficient (Wildman–Crippen LogP) is 2.25. The summed E-state index contributed by atoms with van der Waals surface area (Å²) >= 11 is 0. The van der Waals surface area contributed by atoms with Crippen molar-refractivity contribution in [2.24, 2.45) is 0 Å². The number of carbonyl (C=O) groups is 1. The number of carbonyl (C=O) groups excluding carboxylic acids is 1. The van der Waals surface area contributed by atoms with Crippen LogP contribution in [0.5, 0.6) is 5.75 Å². The highest BCUT2D eigenvalue weighted by Gasteiger charge is 2.24. The maximum absolute atomic E-state index is 11.5. The van der Waals surface area contributed by atoms with Crippen LogP contribution in [0.25, 0.3) is 0 Å². The van der Waals surface area contributed by atoms with Crippen molar-refractivity contribution in [2.45, 2.75) is 19.3 Å². The molecule has 0 atom stereocenters. The van der Waals surface area contributed by atoms with Crippen molar-refractivity contribution in [1.82, 2.24) is 0 Å². The van der Waals surface area contributed by atoms with Gasteiger partial charge in [-0.15, -0.1) is 6.58 Å². The number of aromatic hydroxyl groups is 1. The normalized spacial score (nSPS) is 14.1. The van der Waals surface area contributed by atoms with E-state index in [1.54, 1.807) is 6.08 Å². The second-order valence-electron chi connectivity index (χ2n) is 3.52. The Bertz CT molecular complexity index is 405. The van der Waals surface area contributed by atoms with Gasteiger partial charge in [-0.1, -0.05) is 18.2 Å². The van der Waals surface area contributed by atoms with E-state index in [0.717, 1.165) is 17.5 Å². The Balaban J connectivity index is 2.55. The van der Waals surface area contributed by atoms with E-state index in [1.165, 1.54) is 0 Å². The van der Waals surface area contributed by atoms with Crippen molar-refractivity contribution in [3.05, 3.63) is 41.5 Å². The van der Waals surface area contributed by atoms with Crippen LogP contribution in [0.4, 0.5) is 0 Å². The third-order valence-electron chi connectivity index (χ3n) is 2.61. The number of allylic oxidation sites excluding steroid dienone is 1. The third kappa shape index (κ3) is 1.23. The Morgan fingerprint density at radius 2 is 2.21 bits per heavy atom. The molecule has 1 aromatic rings. The van der Waals surface area contributed by atoms with E-state index in [1.807, 2.05) is 12.1 Å². The van der Waals surface area contributed by atoms with E-state index in [-0.39, 0.29) is 11.5 Å². The summed E-state index contributed by atoms with van der Waals surface area (Å²) in [5, 5.41) is 9.84. The number of hydrogen-bond acceptors (Lipinski definition) is 2. The summed E-state index contributed by atoms with van der Waals surface area (Å²) in [6, 6.07) is 3.80.